The first-order valence-corrected chi connectivity index (χ1v) is 9.79. The van der Waals surface area contributed by atoms with Crippen LogP contribution in [0.4, 0.5) is 5.69 Å². The van der Waals surface area contributed by atoms with Crippen molar-refractivity contribution in [3.63, 3.8) is 0 Å². The lowest BCUT2D eigenvalue weighted by Gasteiger charge is -2.25. The molecule has 1 aliphatic rings. The molecule has 7 heteroatoms. The molecule has 1 aliphatic heterocycles. The smallest absolute Gasteiger partial charge is 0.294 e. The van der Waals surface area contributed by atoms with Crippen LogP contribution in [-0.4, -0.2) is 21.8 Å². The maximum atomic E-state index is 13.5. The van der Waals surface area contributed by atoms with Gasteiger partial charge in [-0.25, -0.2) is 0 Å². The van der Waals surface area contributed by atoms with Crippen LogP contribution in [0, 0.1) is 11.3 Å². The van der Waals surface area contributed by atoms with E-state index in [0.717, 1.165) is 5.39 Å². The van der Waals surface area contributed by atoms with Gasteiger partial charge in [0.15, 0.2) is 11.5 Å². The third-order valence-electron chi connectivity index (χ3n) is 5.34. The van der Waals surface area contributed by atoms with Crippen molar-refractivity contribution in [2.75, 3.05) is 4.90 Å². The molecule has 0 fully saturated rings. The number of amides is 1. The molecule has 0 radical (unpaired) electrons. The molecule has 0 saturated heterocycles. The van der Waals surface area contributed by atoms with Crippen LogP contribution in [0.2, 0.25) is 0 Å². The molecular weight excluding hydrogens is 406 g/mol. The number of hydrogen-bond acceptors (Lipinski definition) is 6. The average molecular weight is 421 g/mol. The Morgan fingerprint density at radius 1 is 1.06 bits per heavy atom. The SMILES string of the molecule is N#Cc1ccc(N2C(=O)C(O)=C(C(=O)c3cc4ccccc4o3)C2c2ccccn2)cc1. The van der Waals surface area contributed by atoms with E-state index in [0.29, 0.717) is 22.5 Å². The summed E-state index contributed by atoms with van der Waals surface area (Å²) < 4.78 is 5.70. The number of fused-ring (bicyclic) bond motifs is 1. The number of aliphatic hydroxyl groups is 1. The lowest BCUT2D eigenvalue weighted by molar-refractivity contribution is -0.117. The van der Waals surface area contributed by atoms with Gasteiger partial charge < -0.3 is 9.52 Å². The van der Waals surface area contributed by atoms with Crippen LogP contribution in [-0.2, 0) is 4.79 Å². The number of ketones is 1. The van der Waals surface area contributed by atoms with Gasteiger partial charge in [-0.05, 0) is 48.5 Å². The Kier molecular flexibility index (Phi) is 4.53. The molecular formula is C25H15N3O4. The predicted molar refractivity (Wildman–Crippen MR) is 116 cm³/mol. The van der Waals surface area contributed by atoms with Crippen molar-refractivity contribution in [3.8, 4) is 6.07 Å². The number of Topliss-reactive ketones (excluding diaryl/α,β-unsaturated/α-hetero) is 1. The molecule has 32 heavy (non-hydrogen) atoms. The van der Waals surface area contributed by atoms with Gasteiger partial charge in [0, 0.05) is 17.3 Å². The van der Waals surface area contributed by atoms with Crippen LogP contribution in [0.1, 0.15) is 27.9 Å². The van der Waals surface area contributed by atoms with E-state index >= 15 is 0 Å². The minimum atomic E-state index is -0.961. The van der Waals surface area contributed by atoms with E-state index in [9.17, 15) is 14.7 Å². The molecule has 1 N–H and O–H groups in total. The van der Waals surface area contributed by atoms with E-state index in [1.54, 1.807) is 66.9 Å². The number of rotatable bonds is 4. The van der Waals surface area contributed by atoms with Gasteiger partial charge in [-0.3, -0.25) is 19.5 Å². The molecule has 3 heterocycles. The number of furan rings is 1. The first-order valence-electron chi connectivity index (χ1n) is 9.79. The van der Waals surface area contributed by atoms with E-state index in [1.807, 2.05) is 18.2 Å². The molecule has 2 aromatic heterocycles. The summed E-state index contributed by atoms with van der Waals surface area (Å²) in [5.74, 6) is -1.97. The summed E-state index contributed by atoms with van der Waals surface area (Å²) in [6.07, 6.45) is 1.55. The summed E-state index contributed by atoms with van der Waals surface area (Å²) in [6.45, 7) is 0. The van der Waals surface area contributed by atoms with Crippen molar-refractivity contribution in [1.82, 2.24) is 4.98 Å². The Balaban J connectivity index is 1.65. The fourth-order valence-electron chi connectivity index (χ4n) is 3.84. The summed E-state index contributed by atoms with van der Waals surface area (Å²) >= 11 is 0. The summed E-state index contributed by atoms with van der Waals surface area (Å²) in [5.41, 5.74) is 1.67. The number of carbonyl (C=O) groups excluding carboxylic acids is 2. The van der Waals surface area contributed by atoms with Gasteiger partial charge in [-0.2, -0.15) is 5.26 Å². The molecule has 4 aromatic rings. The Hall–Kier alpha value is -4.70. The monoisotopic (exact) mass is 421 g/mol. The molecule has 2 aromatic carbocycles. The number of anilines is 1. The quantitative estimate of drug-likeness (QED) is 0.487. The number of nitriles is 1. The number of nitrogens with zero attached hydrogens (tertiary/aromatic N) is 3. The van der Waals surface area contributed by atoms with Gasteiger partial charge in [0.1, 0.15) is 11.6 Å². The lowest BCUT2D eigenvalue weighted by Crippen LogP contribution is -2.31. The van der Waals surface area contributed by atoms with E-state index < -0.39 is 23.5 Å². The van der Waals surface area contributed by atoms with Crippen molar-refractivity contribution in [3.05, 3.63) is 107 Å². The molecule has 0 saturated carbocycles. The maximum Gasteiger partial charge on any atom is 0.294 e. The summed E-state index contributed by atoms with van der Waals surface area (Å²) in [6, 6.07) is 21.3. The number of aromatic nitrogens is 1. The molecule has 0 spiro atoms. The average Bonchev–Trinajstić information content (AvgIpc) is 3.38. The second-order valence-electron chi connectivity index (χ2n) is 7.23. The second kappa shape index (κ2) is 7.52. The molecule has 1 atom stereocenters. The number of carbonyl (C=O) groups is 2. The van der Waals surface area contributed by atoms with Crippen LogP contribution >= 0.6 is 0 Å². The Morgan fingerprint density at radius 2 is 1.81 bits per heavy atom. The molecule has 0 bridgehead atoms. The van der Waals surface area contributed by atoms with Crippen LogP contribution in [0.3, 0.4) is 0 Å². The lowest BCUT2D eigenvalue weighted by atomic mass is 9.98. The number of para-hydroxylation sites is 1. The Labute approximate surface area is 182 Å². The number of pyridine rings is 1. The standard InChI is InChI=1S/C25H15N3O4/c26-14-15-8-10-17(11-9-15)28-22(18-6-3-4-12-27-18)21(24(30)25(28)31)23(29)20-13-16-5-1-2-7-19(16)32-20/h1-13,22,30H. The van der Waals surface area contributed by atoms with E-state index in [4.69, 9.17) is 9.68 Å². The first-order chi connectivity index (χ1) is 15.6. The van der Waals surface area contributed by atoms with Crippen molar-refractivity contribution < 1.29 is 19.1 Å². The van der Waals surface area contributed by atoms with Gasteiger partial charge in [0.2, 0.25) is 5.78 Å². The van der Waals surface area contributed by atoms with Crippen LogP contribution in [0.25, 0.3) is 11.0 Å². The zero-order valence-electron chi connectivity index (χ0n) is 16.6. The molecule has 0 aliphatic carbocycles. The maximum absolute atomic E-state index is 13.5. The molecule has 1 amide bonds. The third-order valence-corrected chi connectivity index (χ3v) is 5.34. The fraction of sp³-hybridized carbons (Fsp3) is 0.0400. The minimum Gasteiger partial charge on any atom is -0.503 e. The second-order valence-corrected chi connectivity index (χ2v) is 7.23. The van der Waals surface area contributed by atoms with Gasteiger partial charge in [0.25, 0.3) is 5.91 Å². The molecule has 5 rings (SSSR count). The van der Waals surface area contributed by atoms with Crippen LogP contribution in [0.15, 0.2) is 94.7 Å². The van der Waals surface area contributed by atoms with E-state index in [1.165, 1.54) is 4.90 Å². The highest BCUT2D eigenvalue weighted by atomic mass is 16.3. The number of benzene rings is 2. The van der Waals surface area contributed by atoms with Crippen LogP contribution in [0.5, 0.6) is 0 Å². The van der Waals surface area contributed by atoms with Gasteiger partial charge in [-0.1, -0.05) is 24.3 Å². The van der Waals surface area contributed by atoms with Crippen LogP contribution < -0.4 is 4.90 Å². The summed E-state index contributed by atoms with van der Waals surface area (Å²) in [5, 5.41) is 20.6. The largest absolute Gasteiger partial charge is 0.503 e. The number of hydrogen-bond donors (Lipinski definition) is 1. The zero-order valence-corrected chi connectivity index (χ0v) is 16.6. The summed E-state index contributed by atoms with van der Waals surface area (Å²) in [7, 11) is 0. The highest BCUT2D eigenvalue weighted by Gasteiger charge is 2.46. The predicted octanol–water partition coefficient (Wildman–Crippen LogP) is 4.48. The van der Waals surface area contributed by atoms with Crippen molar-refractivity contribution >= 4 is 28.3 Å². The van der Waals surface area contributed by atoms with Crippen molar-refractivity contribution in [2.24, 2.45) is 0 Å². The fourth-order valence-corrected chi connectivity index (χ4v) is 3.84. The molecule has 7 nitrogen and oxygen atoms in total. The first kappa shape index (κ1) is 19.3. The highest BCUT2D eigenvalue weighted by Crippen LogP contribution is 2.41. The summed E-state index contributed by atoms with van der Waals surface area (Å²) in [4.78, 5) is 32.2. The Bertz CT molecular complexity index is 1400. The Morgan fingerprint density at radius 3 is 2.50 bits per heavy atom. The van der Waals surface area contributed by atoms with Crippen molar-refractivity contribution in [2.45, 2.75) is 6.04 Å². The third kappa shape index (κ3) is 3.02. The van der Waals surface area contributed by atoms with Gasteiger partial charge in [0.05, 0.1) is 22.9 Å². The van der Waals surface area contributed by atoms with Gasteiger partial charge >= 0.3 is 0 Å². The number of aliphatic hydroxyl groups excluding tert-OH is 1. The molecule has 154 valence electrons. The molecule has 1 unspecified atom stereocenters. The highest BCUT2D eigenvalue weighted by molar-refractivity contribution is 6.20. The normalized spacial score (nSPS) is 15.9. The van der Waals surface area contributed by atoms with E-state index in [2.05, 4.69) is 4.98 Å². The minimum absolute atomic E-state index is 0.0168. The van der Waals surface area contributed by atoms with Crippen molar-refractivity contribution in [1.29, 1.82) is 5.26 Å². The topological polar surface area (TPSA) is 107 Å². The van der Waals surface area contributed by atoms with E-state index in [-0.39, 0.29) is 11.3 Å². The van der Waals surface area contributed by atoms with Gasteiger partial charge in [-0.15, -0.1) is 0 Å². The zero-order chi connectivity index (χ0) is 22.2.